The second-order valence-electron chi connectivity index (χ2n) is 4.06. The molecule has 4 nitrogen and oxygen atoms in total. The highest BCUT2D eigenvalue weighted by Gasteiger charge is 2.27. The van der Waals surface area contributed by atoms with Crippen LogP contribution < -0.4 is 10.5 Å². The van der Waals surface area contributed by atoms with Gasteiger partial charge in [0.25, 0.3) is 0 Å². The predicted molar refractivity (Wildman–Crippen MR) is 71.5 cm³/mol. The number of halogens is 2. The number of hydrogen-bond donors (Lipinski definition) is 2. The smallest absolute Gasteiger partial charge is 0.242 e. The van der Waals surface area contributed by atoms with Crippen LogP contribution in [0.3, 0.4) is 0 Å². The molecule has 2 rings (SSSR count). The molecular formula is C10H12BrClN2O2S. The summed E-state index contributed by atoms with van der Waals surface area (Å²) in [5.41, 5.74) is 5.98. The summed E-state index contributed by atoms with van der Waals surface area (Å²) >= 11 is 9.16. The number of sulfonamides is 1. The molecule has 0 radical (unpaired) electrons. The van der Waals surface area contributed by atoms with Crippen molar-refractivity contribution in [3.8, 4) is 0 Å². The molecule has 0 saturated heterocycles. The van der Waals surface area contributed by atoms with Crippen LogP contribution in [0.25, 0.3) is 0 Å². The van der Waals surface area contributed by atoms with Gasteiger partial charge in [-0.15, -0.1) is 0 Å². The number of anilines is 1. The van der Waals surface area contributed by atoms with Crippen molar-refractivity contribution < 1.29 is 8.42 Å². The number of nitrogen functional groups attached to an aromatic ring is 1. The molecule has 17 heavy (non-hydrogen) atoms. The van der Waals surface area contributed by atoms with Gasteiger partial charge in [-0.3, -0.25) is 0 Å². The van der Waals surface area contributed by atoms with Gasteiger partial charge in [-0.1, -0.05) is 18.0 Å². The summed E-state index contributed by atoms with van der Waals surface area (Å²) in [4.78, 5) is 0.0259. The van der Waals surface area contributed by atoms with Gasteiger partial charge >= 0.3 is 0 Å². The molecule has 0 atom stereocenters. The molecule has 1 aliphatic rings. The van der Waals surface area contributed by atoms with Crippen molar-refractivity contribution >= 4 is 43.2 Å². The van der Waals surface area contributed by atoms with Gasteiger partial charge in [0.15, 0.2) is 0 Å². The van der Waals surface area contributed by atoms with Crippen LogP contribution in [-0.2, 0) is 10.0 Å². The van der Waals surface area contributed by atoms with E-state index < -0.39 is 10.0 Å². The minimum atomic E-state index is -3.59. The summed E-state index contributed by atoms with van der Waals surface area (Å²) in [5, 5.41) is 0.158. The normalized spacial score (nSPS) is 16.8. The number of nitrogens with two attached hydrogens (primary N) is 1. The van der Waals surface area contributed by atoms with Gasteiger partial charge in [-0.05, 0) is 40.9 Å². The highest BCUT2D eigenvalue weighted by molar-refractivity contribution is 9.10. The number of hydrogen-bond acceptors (Lipinski definition) is 3. The number of nitrogens with one attached hydrogen (secondary N) is 1. The predicted octanol–water partition coefficient (Wildman–Crippen LogP) is 2.52. The molecule has 0 amide bonds. The maximum absolute atomic E-state index is 12.1. The molecule has 1 aromatic rings. The van der Waals surface area contributed by atoms with Crippen LogP contribution in [0.5, 0.6) is 0 Å². The van der Waals surface area contributed by atoms with Gasteiger partial charge in [-0.2, -0.15) is 0 Å². The molecule has 1 fully saturated rings. The number of benzene rings is 1. The summed E-state index contributed by atoms with van der Waals surface area (Å²) in [6, 6.07) is 2.97. The summed E-state index contributed by atoms with van der Waals surface area (Å²) in [5.74, 6) is 0. The Balaban J connectivity index is 2.38. The monoisotopic (exact) mass is 338 g/mol. The molecule has 0 unspecified atom stereocenters. The quantitative estimate of drug-likeness (QED) is 0.831. The zero-order chi connectivity index (χ0) is 12.6. The van der Waals surface area contributed by atoms with Gasteiger partial charge in [0, 0.05) is 16.2 Å². The molecule has 0 bridgehead atoms. The van der Waals surface area contributed by atoms with Crippen molar-refractivity contribution in [2.24, 2.45) is 0 Å². The molecule has 94 valence electrons. The highest BCUT2D eigenvalue weighted by Crippen LogP contribution is 2.33. The molecule has 0 aromatic heterocycles. The molecule has 0 heterocycles. The Bertz CT molecular complexity index is 543. The van der Waals surface area contributed by atoms with Gasteiger partial charge in [0.2, 0.25) is 10.0 Å². The molecule has 0 spiro atoms. The summed E-state index contributed by atoms with van der Waals surface area (Å²) in [7, 11) is -3.59. The van der Waals surface area contributed by atoms with Gasteiger partial charge < -0.3 is 5.73 Å². The van der Waals surface area contributed by atoms with E-state index in [1.54, 1.807) is 6.07 Å². The fourth-order valence-corrected chi connectivity index (χ4v) is 4.05. The van der Waals surface area contributed by atoms with Crippen molar-refractivity contribution in [1.82, 2.24) is 4.72 Å². The van der Waals surface area contributed by atoms with Crippen LogP contribution in [0, 0.1) is 0 Å². The standard InChI is InChI=1S/C10H12BrClN2O2S/c11-8-4-6(13)5-9(10(8)12)17(15,16)14-7-2-1-3-7/h4-5,7,14H,1-3,13H2. The number of rotatable bonds is 3. The average Bonchev–Trinajstić information content (AvgIpc) is 2.17. The van der Waals surface area contributed by atoms with E-state index in [2.05, 4.69) is 20.7 Å². The molecule has 1 aromatic carbocycles. The van der Waals surface area contributed by atoms with E-state index in [1.165, 1.54) is 6.07 Å². The maximum Gasteiger partial charge on any atom is 0.242 e. The van der Waals surface area contributed by atoms with E-state index in [0.29, 0.717) is 10.2 Å². The topological polar surface area (TPSA) is 72.2 Å². The molecule has 7 heteroatoms. The minimum Gasteiger partial charge on any atom is -0.399 e. The van der Waals surface area contributed by atoms with Crippen molar-refractivity contribution in [3.63, 3.8) is 0 Å². The first kappa shape index (κ1) is 13.1. The molecule has 1 saturated carbocycles. The van der Waals surface area contributed by atoms with Crippen LogP contribution >= 0.6 is 27.5 Å². The van der Waals surface area contributed by atoms with Crippen LogP contribution in [0.1, 0.15) is 19.3 Å². The van der Waals surface area contributed by atoms with Gasteiger partial charge in [0.1, 0.15) is 4.90 Å². The third kappa shape index (κ3) is 2.76. The summed E-state index contributed by atoms with van der Waals surface area (Å²) in [6.07, 6.45) is 2.81. The van der Waals surface area contributed by atoms with Crippen LogP contribution in [0.4, 0.5) is 5.69 Å². The lowest BCUT2D eigenvalue weighted by atomic mass is 9.94. The second kappa shape index (κ2) is 4.76. The second-order valence-corrected chi connectivity index (χ2v) is 6.98. The van der Waals surface area contributed by atoms with Crippen molar-refractivity contribution in [2.75, 3.05) is 5.73 Å². The van der Waals surface area contributed by atoms with Crippen molar-refractivity contribution in [3.05, 3.63) is 21.6 Å². The Morgan fingerprint density at radius 1 is 1.41 bits per heavy atom. The summed E-state index contributed by atoms with van der Waals surface area (Å²) < 4.78 is 27.3. The molecular weight excluding hydrogens is 328 g/mol. The van der Waals surface area contributed by atoms with Gasteiger partial charge in [-0.25, -0.2) is 13.1 Å². The van der Waals surface area contributed by atoms with Crippen molar-refractivity contribution in [1.29, 1.82) is 0 Å². The zero-order valence-corrected chi connectivity index (χ0v) is 12.1. The van der Waals surface area contributed by atoms with Crippen molar-refractivity contribution in [2.45, 2.75) is 30.2 Å². The Labute approximate surface area is 114 Å². The fraction of sp³-hybridized carbons (Fsp3) is 0.400. The lowest BCUT2D eigenvalue weighted by molar-refractivity contribution is 0.383. The van der Waals surface area contributed by atoms with Crippen LogP contribution in [0.2, 0.25) is 5.02 Å². The van der Waals surface area contributed by atoms with E-state index in [0.717, 1.165) is 19.3 Å². The lowest BCUT2D eigenvalue weighted by Crippen LogP contribution is -2.39. The molecule has 0 aliphatic heterocycles. The van der Waals surface area contributed by atoms with E-state index in [-0.39, 0.29) is 16.0 Å². The summed E-state index contributed by atoms with van der Waals surface area (Å²) in [6.45, 7) is 0. The Kier molecular flexibility index (Phi) is 3.68. The third-order valence-electron chi connectivity index (χ3n) is 2.73. The first-order valence-corrected chi connectivity index (χ1v) is 7.82. The Hall–Kier alpha value is -0.300. The SMILES string of the molecule is Nc1cc(Br)c(Cl)c(S(=O)(=O)NC2CCC2)c1. The van der Waals surface area contributed by atoms with Crippen LogP contribution in [-0.4, -0.2) is 14.5 Å². The molecule has 1 aliphatic carbocycles. The average molecular weight is 340 g/mol. The zero-order valence-electron chi connectivity index (χ0n) is 8.91. The van der Waals surface area contributed by atoms with E-state index in [1.807, 2.05) is 0 Å². The van der Waals surface area contributed by atoms with Gasteiger partial charge in [0.05, 0.1) is 5.02 Å². The largest absolute Gasteiger partial charge is 0.399 e. The van der Waals surface area contributed by atoms with E-state index in [4.69, 9.17) is 17.3 Å². The first-order valence-electron chi connectivity index (χ1n) is 5.17. The first-order chi connectivity index (χ1) is 7.90. The minimum absolute atomic E-state index is 0.0243. The Morgan fingerprint density at radius 3 is 2.59 bits per heavy atom. The van der Waals surface area contributed by atoms with E-state index >= 15 is 0 Å². The van der Waals surface area contributed by atoms with E-state index in [9.17, 15) is 8.42 Å². The molecule has 3 N–H and O–H groups in total. The fourth-order valence-electron chi connectivity index (χ4n) is 1.59. The van der Waals surface area contributed by atoms with Crippen LogP contribution in [0.15, 0.2) is 21.5 Å². The maximum atomic E-state index is 12.1. The lowest BCUT2D eigenvalue weighted by Gasteiger charge is -2.26. The Morgan fingerprint density at radius 2 is 2.06 bits per heavy atom. The highest BCUT2D eigenvalue weighted by atomic mass is 79.9. The third-order valence-corrected chi connectivity index (χ3v) is 5.65.